The average molecular weight is 202 g/mol. The highest BCUT2D eigenvalue weighted by atomic mass is 32.1. The van der Waals surface area contributed by atoms with Crippen molar-refractivity contribution in [2.45, 2.75) is 0 Å². The first-order chi connectivity index (χ1) is 6.81. The third-order valence-corrected chi connectivity index (χ3v) is 2.81. The Balaban J connectivity index is 2.53. The van der Waals surface area contributed by atoms with Crippen molar-refractivity contribution >= 4 is 33.4 Å². The van der Waals surface area contributed by atoms with Crippen molar-refractivity contribution in [2.24, 2.45) is 0 Å². The first kappa shape index (κ1) is 8.81. The Bertz CT molecular complexity index is 538. The summed E-state index contributed by atoms with van der Waals surface area (Å²) < 4.78 is 1.14. The van der Waals surface area contributed by atoms with Gasteiger partial charge in [-0.3, -0.25) is 4.79 Å². The van der Waals surface area contributed by atoms with E-state index in [0.717, 1.165) is 16.3 Å². The summed E-state index contributed by atoms with van der Waals surface area (Å²) in [6.45, 7) is 0. The van der Waals surface area contributed by atoms with Crippen LogP contribution < -0.4 is 0 Å². The molecule has 0 radical (unpaired) electrons. The minimum atomic E-state index is -0.291. The van der Waals surface area contributed by atoms with Crippen LogP contribution in [0.4, 0.5) is 0 Å². The second-order valence-electron chi connectivity index (χ2n) is 2.78. The maximum Gasteiger partial charge on any atom is 0.328 e. The molecule has 0 N–H and O–H groups in total. The number of Topliss-reactive ketones (excluding diaryl/α,β-unsaturated/α-hetero) is 1. The summed E-state index contributed by atoms with van der Waals surface area (Å²) in [5.41, 5.74) is 8.76. The predicted octanol–water partition coefficient (Wildman–Crippen LogP) is 2.38. The molecule has 0 atom stereocenters. The molecule has 2 aromatic rings. The van der Waals surface area contributed by atoms with E-state index in [-0.39, 0.29) is 5.78 Å². The molecule has 0 unspecified atom stereocenters. The van der Waals surface area contributed by atoms with E-state index in [9.17, 15) is 4.79 Å². The number of ketones is 1. The van der Waals surface area contributed by atoms with Crippen LogP contribution in [0.25, 0.3) is 15.6 Å². The molecule has 1 aromatic carbocycles. The van der Waals surface area contributed by atoms with Gasteiger partial charge in [-0.05, 0) is 35.0 Å². The van der Waals surface area contributed by atoms with E-state index in [1.165, 1.54) is 0 Å². The standard InChI is InChI=1S/C10H6N2OS/c11-12-6-9(13)7-1-2-10-8(5-7)3-4-14-10/h1-6H. The van der Waals surface area contributed by atoms with Crippen molar-refractivity contribution in [3.05, 3.63) is 40.7 Å². The lowest BCUT2D eigenvalue weighted by atomic mass is 10.1. The van der Waals surface area contributed by atoms with Crippen molar-refractivity contribution in [2.75, 3.05) is 0 Å². The number of hydrogen-bond donors (Lipinski definition) is 0. The molecule has 0 fully saturated rings. The van der Waals surface area contributed by atoms with Gasteiger partial charge in [0.15, 0.2) is 0 Å². The molecule has 0 amide bonds. The minimum Gasteiger partial charge on any atom is -0.361 e. The molecule has 0 bridgehead atoms. The molecule has 0 aliphatic heterocycles. The number of fused-ring (bicyclic) bond motifs is 1. The van der Waals surface area contributed by atoms with Crippen LogP contribution in [0.15, 0.2) is 29.6 Å². The highest BCUT2D eigenvalue weighted by Gasteiger charge is 2.07. The van der Waals surface area contributed by atoms with Crippen LogP contribution in [0.5, 0.6) is 0 Å². The molecule has 4 heteroatoms. The lowest BCUT2D eigenvalue weighted by Crippen LogP contribution is -1.99. The van der Waals surface area contributed by atoms with Gasteiger partial charge in [-0.2, -0.15) is 4.79 Å². The summed E-state index contributed by atoms with van der Waals surface area (Å²) >= 11 is 1.63. The van der Waals surface area contributed by atoms with Crippen LogP contribution in [0.3, 0.4) is 0 Å². The summed E-state index contributed by atoms with van der Waals surface area (Å²) in [7, 11) is 0. The lowest BCUT2D eigenvalue weighted by molar-refractivity contribution is 0.00235. The molecule has 2 rings (SSSR count). The second-order valence-corrected chi connectivity index (χ2v) is 3.73. The number of carbonyl (C=O) groups excluding carboxylic acids is 1. The summed E-state index contributed by atoms with van der Waals surface area (Å²) in [4.78, 5) is 14.0. The fourth-order valence-electron chi connectivity index (χ4n) is 1.25. The molecule has 1 aromatic heterocycles. The number of nitrogens with zero attached hydrogens (tertiary/aromatic N) is 2. The Kier molecular flexibility index (Phi) is 2.23. The van der Waals surface area contributed by atoms with Gasteiger partial charge in [0.2, 0.25) is 0 Å². The van der Waals surface area contributed by atoms with Crippen LogP contribution in [-0.4, -0.2) is 16.8 Å². The molecule has 1 heterocycles. The molecule has 14 heavy (non-hydrogen) atoms. The van der Waals surface area contributed by atoms with Crippen molar-refractivity contribution in [1.29, 1.82) is 0 Å². The summed E-state index contributed by atoms with van der Waals surface area (Å²) in [5.74, 6) is -0.291. The topological polar surface area (TPSA) is 53.5 Å². The quantitative estimate of drug-likeness (QED) is 0.319. The number of rotatable bonds is 2. The van der Waals surface area contributed by atoms with E-state index in [1.54, 1.807) is 23.5 Å². The second kappa shape index (κ2) is 3.54. The molecule has 0 spiro atoms. The maximum absolute atomic E-state index is 11.3. The maximum atomic E-state index is 11.3. The average Bonchev–Trinajstić information content (AvgIpc) is 2.64. The summed E-state index contributed by atoms with van der Waals surface area (Å²) in [6, 6.07) is 7.35. The Morgan fingerprint density at radius 2 is 2.29 bits per heavy atom. The van der Waals surface area contributed by atoms with E-state index in [4.69, 9.17) is 5.53 Å². The van der Waals surface area contributed by atoms with E-state index >= 15 is 0 Å². The van der Waals surface area contributed by atoms with E-state index in [2.05, 4.69) is 4.79 Å². The molecule has 0 aliphatic carbocycles. The predicted molar refractivity (Wildman–Crippen MR) is 55.8 cm³/mol. The van der Waals surface area contributed by atoms with Gasteiger partial charge in [0, 0.05) is 10.3 Å². The Morgan fingerprint density at radius 3 is 3.07 bits per heavy atom. The largest absolute Gasteiger partial charge is 0.361 e. The molecular weight excluding hydrogens is 196 g/mol. The van der Waals surface area contributed by atoms with Gasteiger partial charge in [-0.15, -0.1) is 11.3 Å². The van der Waals surface area contributed by atoms with Crippen LogP contribution >= 0.6 is 11.3 Å². The number of benzene rings is 1. The monoisotopic (exact) mass is 202 g/mol. The number of thiophene rings is 1. The molecule has 0 saturated heterocycles. The van der Waals surface area contributed by atoms with Crippen molar-refractivity contribution in [3.63, 3.8) is 0 Å². The molecule has 3 nitrogen and oxygen atoms in total. The molecule has 68 valence electrons. The van der Waals surface area contributed by atoms with Crippen molar-refractivity contribution in [3.8, 4) is 0 Å². The van der Waals surface area contributed by atoms with Crippen LogP contribution in [0.1, 0.15) is 10.4 Å². The zero-order valence-electron chi connectivity index (χ0n) is 7.18. The molecule has 0 aliphatic rings. The third-order valence-electron chi connectivity index (χ3n) is 1.91. The normalized spacial score (nSPS) is 9.71. The van der Waals surface area contributed by atoms with E-state index < -0.39 is 0 Å². The van der Waals surface area contributed by atoms with Gasteiger partial charge in [-0.25, -0.2) is 0 Å². The fraction of sp³-hybridized carbons (Fsp3) is 0. The van der Waals surface area contributed by atoms with Crippen LogP contribution in [0, 0.1) is 0 Å². The summed E-state index contributed by atoms with van der Waals surface area (Å²) in [6.07, 6.45) is 0.896. The van der Waals surface area contributed by atoms with Crippen LogP contribution in [0.2, 0.25) is 0 Å². The van der Waals surface area contributed by atoms with Gasteiger partial charge in [0.05, 0.1) is 0 Å². The van der Waals surface area contributed by atoms with Crippen molar-refractivity contribution < 1.29 is 9.58 Å². The lowest BCUT2D eigenvalue weighted by Gasteiger charge is -1.92. The van der Waals surface area contributed by atoms with E-state index in [1.807, 2.05) is 17.5 Å². The number of hydrogen-bond acceptors (Lipinski definition) is 2. The highest BCUT2D eigenvalue weighted by Crippen LogP contribution is 2.21. The molecular formula is C10H6N2OS. The first-order valence-electron chi connectivity index (χ1n) is 4.00. The zero-order chi connectivity index (χ0) is 9.97. The van der Waals surface area contributed by atoms with Gasteiger partial charge in [0.25, 0.3) is 5.78 Å². The minimum absolute atomic E-state index is 0.291. The number of carbonyl (C=O) groups is 1. The zero-order valence-corrected chi connectivity index (χ0v) is 7.99. The summed E-state index contributed by atoms with van der Waals surface area (Å²) in [5, 5.41) is 3.01. The smallest absolute Gasteiger partial charge is 0.328 e. The van der Waals surface area contributed by atoms with E-state index in [0.29, 0.717) is 5.56 Å². The Hall–Kier alpha value is -1.77. The molecule has 0 saturated carbocycles. The van der Waals surface area contributed by atoms with Gasteiger partial charge in [-0.1, -0.05) is 0 Å². The van der Waals surface area contributed by atoms with Crippen molar-refractivity contribution in [1.82, 2.24) is 0 Å². The SMILES string of the molecule is [N-]=[N+]=CC(=O)c1ccc2sccc2c1. The van der Waals surface area contributed by atoms with Gasteiger partial charge < -0.3 is 5.53 Å². The van der Waals surface area contributed by atoms with Gasteiger partial charge in [0.1, 0.15) is 0 Å². The Labute approximate surface area is 84.2 Å². The first-order valence-corrected chi connectivity index (χ1v) is 4.88. The third kappa shape index (κ3) is 1.48. The Morgan fingerprint density at radius 1 is 1.43 bits per heavy atom. The van der Waals surface area contributed by atoms with Gasteiger partial charge >= 0.3 is 6.21 Å². The van der Waals surface area contributed by atoms with Crippen LogP contribution in [-0.2, 0) is 0 Å². The highest BCUT2D eigenvalue weighted by molar-refractivity contribution is 7.17. The fourth-order valence-corrected chi connectivity index (χ4v) is 2.02.